The molecule has 0 amide bonds. The Hall–Kier alpha value is -1.35. The normalized spacial score (nSPS) is 24.4. The minimum Gasteiger partial charge on any atom is -0.481 e. The van der Waals surface area contributed by atoms with E-state index in [9.17, 15) is 9.90 Å². The number of aryl methyl sites for hydroxylation is 2. The second kappa shape index (κ2) is 5.21. The molecule has 20 heavy (non-hydrogen) atoms. The third-order valence-electron chi connectivity index (χ3n) is 5.21. The average Bonchev–Trinajstić information content (AvgIpc) is 2.43. The first kappa shape index (κ1) is 13.6. The van der Waals surface area contributed by atoms with E-state index < -0.39 is 5.97 Å². The molecule has 3 nitrogen and oxygen atoms in total. The van der Waals surface area contributed by atoms with E-state index in [1.165, 1.54) is 16.7 Å². The van der Waals surface area contributed by atoms with E-state index in [2.05, 4.69) is 25.1 Å². The zero-order valence-electron chi connectivity index (χ0n) is 12.0. The highest BCUT2D eigenvalue weighted by atomic mass is 16.5. The van der Waals surface area contributed by atoms with Crippen molar-refractivity contribution in [2.45, 2.75) is 44.4 Å². The van der Waals surface area contributed by atoms with Gasteiger partial charge in [-0.1, -0.05) is 18.2 Å². The van der Waals surface area contributed by atoms with Gasteiger partial charge in [0.15, 0.2) is 0 Å². The molecule has 1 N–H and O–H groups in total. The van der Waals surface area contributed by atoms with Crippen LogP contribution in [0.1, 0.15) is 42.4 Å². The number of rotatable bonds is 2. The predicted octanol–water partition coefficient (Wildman–Crippen LogP) is 3.08. The maximum Gasteiger partial charge on any atom is 0.303 e. The molecule has 1 aromatic carbocycles. The molecule has 1 unspecified atom stereocenters. The Labute approximate surface area is 120 Å². The van der Waals surface area contributed by atoms with Crippen molar-refractivity contribution in [2.24, 2.45) is 5.92 Å². The highest BCUT2D eigenvalue weighted by molar-refractivity contribution is 5.67. The summed E-state index contributed by atoms with van der Waals surface area (Å²) in [5.74, 6) is -0.421. The van der Waals surface area contributed by atoms with Crippen LogP contribution in [0.3, 0.4) is 0 Å². The Bertz CT molecular complexity index is 515. The summed E-state index contributed by atoms with van der Waals surface area (Å²) in [5, 5.41) is 9.27. The Kier molecular flexibility index (Phi) is 3.55. The second-order valence-corrected chi connectivity index (χ2v) is 6.21. The predicted molar refractivity (Wildman–Crippen MR) is 77.0 cm³/mol. The Morgan fingerprint density at radius 2 is 2.15 bits per heavy atom. The van der Waals surface area contributed by atoms with Gasteiger partial charge >= 0.3 is 5.97 Å². The van der Waals surface area contributed by atoms with E-state index in [4.69, 9.17) is 4.74 Å². The van der Waals surface area contributed by atoms with Crippen LogP contribution in [0.15, 0.2) is 18.2 Å². The van der Waals surface area contributed by atoms with Crippen LogP contribution in [0.5, 0.6) is 0 Å². The Morgan fingerprint density at radius 1 is 1.40 bits per heavy atom. The number of ether oxygens (including phenoxy) is 1. The standard InChI is InChI=1S/C17H22O3/c1-12-3-2-4-13-5-6-14(11-15(18)19)17(16(12)13)7-9-20-10-8-17/h2-4,14H,5-11H2,1H3,(H,18,19). The van der Waals surface area contributed by atoms with Crippen molar-refractivity contribution in [3.8, 4) is 0 Å². The average molecular weight is 274 g/mol. The fourth-order valence-electron chi connectivity index (χ4n) is 4.36. The number of fused-ring (bicyclic) bond motifs is 2. The van der Waals surface area contributed by atoms with E-state index in [0.29, 0.717) is 0 Å². The van der Waals surface area contributed by atoms with Crippen LogP contribution in [0.2, 0.25) is 0 Å². The van der Waals surface area contributed by atoms with E-state index in [1.807, 2.05) is 0 Å². The number of hydrogen-bond donors (Lipinski definition) is 1. The lowest BCUT2D eigenvalue weighted by molar-refractivity contribution is -0.139. The molecule has 0 radical (unpaired) electrons. The molecule has 0 saturated carbocycles. The monoisotopic (exact) mass is 274 g/mol. The van der Waals surface area contributed by atoms with Gasteiger partial charge in [-0.05, 0) is 55.2 Å². The molecule has 1 aliphatic carbocycles. The highest BCUT2D eigenvalue weighted by Gasteiger charge is 2.46. The molecule has 1 aromatic rings. The molecule has 1 aliphatic heterocycles. The van der Waals surface area contributed by atoms with Crippen LogP contribution in [0, 0.1) is 12.8 Å². The molecule has 1 fully saturated rings. The van der Waals surface area contributed by atoms with Crippen LogP contribution in [-0.2, 0) is 21.4 Å². The first-order valence-electron chi connectivity index (χ1n) is 7.52. The third kappa shape index (κ3) is 2.14. The fourth-order valence-corrected chi connectivity index (χ4v) is 4.36. The number of hydrogen-bond acceptors (Lipinski definition) is 2. The zero-order chi connectivity index (χ0) is 14.2. The van der Waals surface area contributed by atoms with Gasteiger partial charge in [-0.25, -0.2) is 0 Å². The first-order chi connectivity index (χ1) is 9.63. The van der Waals surface area contributed by atoms with E-state index in [1.54, 1.807) is 0 Å². The molecule has 3 rings (SSSR count). The summed E-state index contributed by atoms with van der Waals surface area (Å²) in [5.41, 5.74) is 4.20. The quantitative estimate of drug-likeness (QED) is 0.901. The van der Waals surface area contributed by atoms with Crippen LogP contribution < -0.4 is 0 Å². The number of carbonyl (C=O) groups is 1. The molecule has 1 spiro atoms. The lowest BCUT2D eigenvalue weighted by atomic mass is 9.58. The SMILES string of the molecule is Cc1cccc2c1C1(CCOCC1)C(CC(=O)O)CC2. The van der Waals surface area contributed by atoms with Gasteiger partial charge in [-0.3, -0.25) is 4.79 Å². The molecule has 108 valence electrons. The number of carboxylic acid groups (broad SMARTS) is 1. The van der Waals surface area contributed by atoms with Crippen molar-refractivity contribution in [3.63, 3.8) is 0 Å². The smallest absolute Gasteiger partial charge is 0.303 e. The minimum absolute atomic E-state index is 0.0234. The highest BCUT2D eigenvalue weighted by Crippen LogP contribution is 2.50. The molecule has 2 aliphatic rings. The molecular formula is C17H22O3. The summed E-state index contributed by atoms with van der Waals surface area (Å²) in [6.45, 7) is 3.67. The summed E-state index contributed by atoms with van der Waals surface area (Å²) < 4.78 is 5.56. The first-order valence-corrected chi connectivity index (χ1v) is 7.52. The van der Waals surface area contributed by atoms with Crippen molar-refractivity contribution >= 4 is 5.97 Å². The third-order valence-corrected chi connectivity index (χ3v) is 5.21. The topological polar surface area (TPSA) is 46.5 Å². The Balaban J connectivity index is 2.09. The van der Waals surface area contributed by atoms with Crippen molar-refractivity contribution in [2.75, 3.05) is 13.2 Å². The fraction of sp³-hybridized carbons (Fsp3) is 0.588. The van der Waals surface area contributed by atoms with Crippen LogP contribution in [0.4, 0.5) is 0 Å². The zero-order valence-corrected chi connectivity index (χ0v) is 12.0. The van der Waals surface area contributed by atoms with E-state index in [-0.39, 0.29) is 17.8 Å². The van der Waals surface area contributed by atoms with Crippen molar-refractivity contribution in [1.29, 1.82) is 0 Å². The molecular weight excluding hydrogens is 252 g/mol. The molecule has 0 bridgehead atoms. The van der Waals surface area contributed by atoms with Crippen molar-refractivity contribution in [1.82, 2.24) is 0 Å². The van der Waals surface area contributed by atoms with Crippen molar-refractivity contribution < 1.29 is 14.6 Å². The van der Waals surface area contributed by atoms with Crippen molar-refractivity contribution in [3.05, 3.63) is 34.9 Å². The second-order valence-electron chi connectivity index (χ2n) is 6.21. The van der Waals surface area contributed by atoms with Gasteiger partial charge in [-0.15, -0.1) is 0 Å². The van der Waals surface area contributed by atoms with Gasteiger partial charge in [-0.2, -0.15) is 0 Å². The lowest BCUT2D eigenvalue weighted by Crippen LogP contribution is -2.45. The minimum atomic E-state index is -0.669. The van der Waals surface area contributed by atoms with Crippen LogP contribution in [-0.4, -0.2) is 24.3 Å². The van der Waals surface area contributed by atoms with E-state index in [0.717, 1.165) is 38.9 Å². The maximum atomic E-state index is 11.3. The maximum absolute atomic E-state index is 11.3. The van der Waals surface area contributed by atoms with Crippen LogP contribution >= 0.6 is 0 Å². The van der Waals surface area contributed by atoms with Gasteiger partial charge < -0.3 is 9.84 Å². The molecule has 1 heterocycles. The largest absolute Gasteiger partial charge is 0.481 e. The number of aliphatic carboxylic acids is 1. The molecule has 1 atom stereocenters. The number of benzene rings is 1. The molecule has 3 heteroatoms. The molecule has 0 aromatic heterocycles. The summed E-state index contributed by atoms with van der Waals surface area (Å²) in [6, 6.07) is 6.51. The summed E-state index contributed by atoms with van der Waals surface area (Å²) in [7, 11) is 0. The van der Waals surface area contributed by atoms with Gasteiger partial charge in [0.05, 0.1) is 0 Å². The van der Waals surface area contributed by atoms with E-state index >= 15 is 0 Å². The summed E-state index contributed by atoms with van der Waals surface area (Å²) >= 11 is 0. The van der Waals surface area contributed by atoms with Gasteiger partial charge in [0, 0.05) is 25.0 Å². The van der Waals surface area contributed by atoms with Crippen LogP contribution in [0.25, 0.3) is 0 Å². The lowest BCUT2D eigenvalue weighted by Gasteiger charge is -2.48. The van der Waals surface area contributed by atoms with Gasteiger partial charge in [0.1, 0.15) is 0 Å². The summed E-state index contributed by atoms with van der Waals surface area (Å²) in [4.78, 5) is 11.3. The molecule has 1 saturated heterocycles. The van der Waals surface area contributed by atoms with Gasteiger partial charge in [0.2, 0.25) is 0 Å². The van der Waals surface area contributed by atoms with Gasteiger partial charge in [0.25, 0.3) is 0 Å². The summed E-state index contributed by atoms with van der Waals surface area (Å²) in [6.07, 6.45) is 4.21. The Morgan fingerprint density at radius 3 is 2.85 bits per heavy atom. The number of carboxylic acids is 1.